The first-order valence-corrected chi connectivity index (χ1v) is 27.8. The van der Waals surface area contributed by atoms with Crippen LogP contribution in [0.4, 0.5) is 17.1 Å². The lowest BCUT2D eigenvalue weighted by molar-refractivity contribution is 0.569. The highest BCUT2D eigenvalue weighted by atomic mass is 15.1. The van der Waals surface area contributed by atoms with E-state index in [0.717, 1.165) is 17.1 Å². The molecule has 0 N–H and O–H groups in total. The highest BCUT2D eigenvalue weighted by Gasteiger charge is 2.46. The average Bonchev–Trinajstić information content (AvgIpc) is 4.04. The van der Waals surface area contributed by atoms with Gasteiger partial charge in [0.1, 0.15) is 0 Å². The Morgan fingerprint density at radius 1 is 0.295 bits per heavy atom. The first-order chi connectivity index (χ1) is 37.6. The van der Waals surface area contributed by atoms with Crippen molar-refractivity contribution in [3.63, 3.8) is 0 Å². The van der Waals surface area contributed by atoms with E-state index in [1.54, 1.807) is 0 Å². The Morgan fingerprint density at radius 2 is 0.782 bits per heavy atom. The minimum atomic E-state index is -0.484. The summed E-state index contributed by atoms with van der Waals surface area (Å²) >= 11 is 0. The van der Waals surface area contributed by atoms with Gasteiger partial charge in [0.15, 0.2) is 0 Å². The standard InChI is InChI=1S/C77H69N/c1-74(2,3)58-44-47-62(52-26-13-10-14-27-52)71(51-58)78(70-41-22-20-34-65(70)66-38-24-29-54-28-23-36-64(72(54)66)55-48-59(75(4,5)6)50-60(49-55)76(7,8)9)61-45-42-53(43-46-61)63-37-25-40-69-73(63)67-35-19-21-39-68(67)77(69,56-30-15-11-16-31-56)57-32-17-12-18-33-57/h10-51H,1-9H3. The molecule has 0 radical (unpaired) electrons. The lowest BCUT2D eigenvalue weighted by atomic mass is 9.67. The van der Waals surface area contributed by atoms with Crippen LogP contribution in [0.2, 0.25) is 0 Å². The van der Waals surface area contributed by atoms with Gasteiger partial charge in [-0.1, -0.05) is 293 Å². The molecule has 0 amide bonds. The Kier molecular flexibility index (Phi) is 12.6. The van der Waals surface area contributed by atoms with Gasteiger partial charge in [-0.2, -0.15) is 0 Å². The van der Waals surface area contributed by atoms with Gasteiger partial charge in [-0.15, -0.1) is 0 Å². The van der Waals surface area contributed by atoms with Crippen molar-refractivity contribution < 1.29 is 0 Å². The fourth-order valence-electron chi connectivity index (χ4n) is 12.3. The molecule has 1 aliphatic carbocycles. The second-order valence-corrected chi connectivity index (χ2v) is 24.5. The van der Waals surface area contributed by atoms with Gasteiger partial charge in [0, 0.05) is 16.8 Å². The molecule has 0 saturated carbocycles. The Balaban J connectivity index is 1.09. The Labute approximate surface area is 463 Å². The Bertz CT molecular complexity index is 3920. The topological polar surface area (TPSA) is 3.24 Å². The summed E-state index contributed by atoms with van der Waals surface area (Å²) in [5.41, 5.74) is 24.0. The summed E-state index contributed by atoms with van der Waals surface area (Å²) in [5, 5.41) is 2.47. The van der Waals surface area contributed by atoms with Crippen LogP contribution >= 0.6 is 0 Å². The number of hydrogen-bond donors (Lipinski definition) is 0. The Hall–Kier alpha value is -8.52. The summed E-state index contributed by atoms with van der Waals surface area (Å²) in [6, 6.07) is 95.8. The first-order valence-electron chi connectivity index (χ1n) is 27.8. The zero-order valence-electron chi connectivity index (χ0n) is 46.7. The first kappa shape index (κ1) is 50.3. The lowest BCUT2D eigenvalue weighted by Gasteiger charge is -2.34. The lowest BCUT2D eigenvalue weighted by Crippen LogP contribution is -2.28. The average molecular weight is 1010 g/mol. The molecule has 0 fully saturated rings. The number of para-hydroxylation sites is 1. The van der Waals surface area contributed by atoms with Crippen LogP contribution in [0.5, 0.6) is 0 Å². The van der Waals surface area contributed by atoms with Crippen LogP contribution in [0.1, 0.15) is 101 Å². The van der Waals surface area contributed by atoms with Gasteiger partial charge < -0.3 is 4.90 Å². The summed E-state index contributed by atoms with van der Waals surface area (Å²) < 4.78 is 0. The maximum Gasteiger partial charge on any atom is 0.0713 e. The monoisotopic (exact) mass is 1010 g/mol. The number of hydrogen-bond acceptors (Lipinski definition) is 1. The third kappa shape index (κ3) is 8.76. The Morgan fingerprint density at radius 3 is 1.40 bits per heavy atom. The quantitative estimate of drug-likeness (QED) is 0.139. The summed E-state index contributed by atoms with van der Waals surface area (Å²) in [6.45, 7) is 20.9. The van der Waals surface area contributed by atoms with E-state index in [4.69, 9.17) is 0 Å². The van der Waals surface area contributed by atoms with E-state index in [1.165, 1.54) is 105 Å². The molecular formula is C77H69N. The maximum atomic E-state index is 2.54. The summed E-state index contributed by atoms with van der Waals surface area (Å²) in [5.74, 6) is 0. The van der Waals surface area contributed by atoms with Crippen LogP contribution in [-0.4, -0.2) is 0 Å². The normalized spacial score (nSPS) is 13.0. The summed E-state index contributed by atoms with van der Waals surface area (Å²) in [6.07, 6.45) is 0. The summed E-state index contributed by atoms with van der Waals surface area (Å²) in [7, 11) is 0. The van der Waals surface area contributed by atoms with E-state index in [-0.39, 0.29) is 16.2 Å². The van der Waals surface area contributed by atoms with E-state index in [2.05, 4.69) is 322 Å². The molecule has 11 aromatic carbocycles. The van der Waals surface area contributed by atoms with Gasteiger partial charge in [0.25, 0.3) is 0 Å². The van der Waals surface area contributed by atoms with E-state index in [0.29, 0.717) is 0 Å². The molecule has 0 spiro atoms. The maximum absolute atomic E-state index is 2.54. The number of anilines is 3. The smallest absolute Gasteiger partial charge is 0.0713 e. The van der Waals surface area contributed by atoms with Crippen LogP contribution < -0.4 is 4.90 Å². The third-order valence-electron chi connectivity index (χ3n) is 16.4. The van der Waals surface area contributed by atoms with Crippen LogP contribution in [0.25, 0.3) is 66.4 Å². The molecule has 382 valence electrons. The zero-order chi connectivity index (χ0) is 54.0. The molecule has 1 heteroatoms. The van der Waals surface area contributed by atoms with E-state index < -0.39 is 5.41 Å². The molecule has 0 atom stereocenters. The highest BCUT2D eigenvalue weighted by Crippen LogP contribution is 2.58. The fraction of sp³-hybridized carbons (Fsp3) is 0.169. The molecule has 11 aromatic rings. The number of benzene rings is 11. The molecular weight excluding hydrogens is 939 g/mol. The van der Waals surface area contributed by atoms with Crippen molar-refractivity contribution in [3.8, 4) is 55.6 Å². The molecule has 1 aliphatic rings. The van der Waals surface area contributed by atoms with E-state index >= 15 is 0 Å². The molecule has 0 heterocycles. The van der Waals surface area contributed by atoms with Gasteiger partial charge >= 0.3 is 0 Å². The molecule has 0 aromatic heterocycles. The van der Waals surface area contributed by atoms with Crippen molar-refractivity contribution in [2.45, 2.75) is 84.0 Å². The summed E-state index contributed by atoms with van der Waals surface area (Å²) in [4.78, 5) is 2.54. The van der Waals surface area contributed by atoms with Gasteiger partial charge in [-0.05, 0) is 135 Å². The molecule has 1 nitrogen and oxygen atoms in total. The number of nitrogens with zero attached hydrogens (tertiary/aromatic N) is 1. The van der Waals surface area contributed by atoms with Crippen LogP contribution in [0.15, 0.2) is 255 Å². The predicted octanol–water partition coefficient (Wildman–Crippen LogP) is 21.2. The predicted molar refractivity (Wildman–Crippen MR) is 334 cm³/mol. The fourth-order valence-corrected chi connectivity index (χ4v) is 12.3. The van der Waals surface area contributed by atoms with E-state index in [1.807, 2.05) is 0 Å². The molecule has 0 unspecified atom stereocenters. The van der Waals surface area contributed by atoms with Crippen LogP contribution in [-0.2, 0) is 21.7 Å². The van der Waals surface area contributed by atoms with Gasteiger partial charge in [0.05, 0.1) is 16.8 Å². The van der Waals surface area contributed by atoms with Crippen molar-refractivity contribution in [2.75, 3.05) is 4.90 Å². The number of fused-ring (bicyclic) bond motifs is 4. The largest absolute Gasteiger partial charge is 0.309 e. The van der Waals surface area contributed by atoms with Crippen molar-refractivity contribution >= 4 is 27.8 Å². The molecule has 0 saturated heterocycles. The second kappa shape index (κ2) is 19.5. The van der Waals surface area contributed by atoms with Gasteiger partial charge in [-0.3, -0.25) is 0 Å². The minimum absolute atomic E-state index is 0.0237. The molecule has 12 rings (SSSR count). The van der Waals surface area contributed by atoms with Crippen LogP contribution in [0, 0.1) is 0 Å². The van der Waals surface area contributed by atoms with E-state index in [9.17, 15) is 0 Å². The minimum Gasteiger partial charge on any atom is -0.309 e. The number of rotatable bonds is 9. The van der Waals surface area contributed by atoms with Crippen LogP contribution in [0.3, 0.4) is 0 Å². The highest BCUT2D eigenvalue weighted by molar-refractivity contribution is 6.09. The molecule has 0 bridgehead atoms. The second-order valence-electron chi connectivity index (χ2n) is 24.5. The SMILES string of the molecule is CC(C)(C)c1cc(-c2cccc3cccc(-c4ccccc4N(c4ccc(-c5cccc6c5-c5ccccc5C6(c5ccccc5)c5ccccc5)cc4)c4cc(C(C)(C)C)ccc4-c4ccccc4)c23)cc(C(C)(C)C)c1. The zero-order valence-corrected chi connectivity index (χ0v) is 46.7. The van der Waals surface area contributed by atoms with Crippen molar-refractivity contribution in [3.05, 3.63) is 294 Å². The van der Waals surface area contributed by atoms with Crippen molar-refractivity contribution in [1.82, 2.24) is 0 Å². The molecule has 0 aliphatic heterocycles. The third-order valence-corrected chi connectivity index (χ3v) is 16.4. The van der Waals surface area contributed by atoms with Gasteiger partial charge in [0.2, 0.25) is 0 Å². The van der Waals surface area contributed by atoms with Gasteiger partial charge in [-0.25, -0.2) is 0 Å². The van der Waals surface area contributed by atoms with Crippen molar-refractivity contribution in [2.24, 2.45) is 0 Å². The molecule has 78 heavy (non-hydrogen) atoms. The van der Waals surface area contributed by atoms with Crippen molar-refractivity contribution in [1.29, 1.82) is 0 Å².